The molecule has 0 aliphatic rings. The number of carbonyl (C=O) groups is 1. The molecule has 0 saturated heterocycles. The molecule has 0 unspecified atom stereocenters. The van der Waals surface area contributed by atoms with E-state index < -0.39 is 21.4 Å². The van der Waals surface area contributed by atoms with Gasteiger partial charge in [0.1, 0.15) is 5.82 Å². The maximum Gasteiger partial charge on any atom is 0.200 e. The Morgan fingerprint density at radius 2 is 1.55 bits per heavy atom. The third-order valence-electron chi connectivity index (χ3n) is 3.15. The second kappa shape index (κ2) is 6.23. The Kier molecular flexibility index (Phi) is 4.56. The van der Waals surface area contributed by atoms with Crippen LogP contribution in [-0.4, -0.2) is 14.2 Å². The highest BCUT2D eigenvalue weighted by Gasteiger charge is 2.15. The van der Waals surface area contributed by atoms with Crippen LogP contribution < -0.4 is 0 Å². The molecular weight excluding hydrogens is 303 g/mol. The van der Waals surface area contributed by atoms with E-state index in [4.69, 9.17) is 0 Å². The van der Waals surface area contributed by atoms with Crippen LogP contribution >= 0.6 is 0 Å². The molecular formula is C17H15FO3S. The number of sulfone groups is 1. The molecule has 0 saturated carbocycles. The van der Waals surface area contributed by atoms with Crippen molar-refractivity contribution in [3.05, 3.63) is 76.5 Å². The van der Waals surface area contributed by atoms with E-state index in [1.807, 2.05) is 6.92 Å². The maximum atomic E-state index is 12.9. The first-order valence-corrected chi connectivity index (χ1v) is 8.14. The summed E-state index contributed by atoms with van der Waals surface area (Å²) in [5, 5.41) is 0.948. The van der Waals surface area contributed by atoms with Crippen LogP contribution in [0.3, 0.4) is 0 Å². The number of hydrogen-bond donors (Lipinski definition) is 0. The fourth-order valence-corrected chi connectivity index (χ4v) is 3.14. The van der Waals surface area contributed by atoms with Crippen molar-refractivity contribution in [3.8, 4) is 0 Å². The molecule has 0 bridgehead atoms. The first kappa shape index (κ1) is 16.1. The predicted molar refractivity (Wildman–Crippen MR) is 82.9 cm³/mol. The van der Waals surface area contributed by atoms with Crippen LogP contribution in [0.1, 0.15) is 22.8 Å². The van der Waals surface area contributed by atoms with E-state index >= 15 is 0 Å². The average molecular weight is 318 g/mol. The lowest BCUT2D eigenvalue weighted by Gasteiger charge is -2.04. The molecule has 0 amide bonds. The lowest BCUT2D eigenvalue weighted by atomic mass is 10.1. The molecule has 0 atom stereocenters. The molecule has 0 radical (unpaired) electrons. The zero-order valence-corrected chi connectivity index (χ0v) is 13.0. The summed E-state index contributed by atoms with van der Waals surface area (Å²) >= 11 is 0. The molecule has 0 aliphatic heterocycles. The first-order valence-electron chi connectivity index (χ1n) is 6.60. The summed E-state index contributed by atoms with van der Waals surface area (Å²) in [5.74, 6) is -0.902. The van der Waals surface area contributed by atoms with E-state index in [1.54, 1.807) is 12.1 Å². The number of benzene rings is 2. The van der Waals surface area contributed by atoms with Gasteiger partial charge in [-0.05, 0) is 50.2 Å². The van der Waals surface area contributed by atoms with Crippen molar-refractivity contribution in [3.63, 3.8) is 0 Å². The SMILES string of the molecule is C/C(=C\S(=O)(=O)c1ccc(C)cc1)C(=O)c1ccc(F)cc1. The molecule has 2 aromatic carbocycles. The molecule has 0 spiro atoms. The van der Waals surface area contributed by atoms with Crippen LogP contribution in [0.5, 0.6) is 0 Å². The van der Waals surface area contributed by atoms with Crippen molar-refractivity contribution < 1.29 is 17.6 Å². The summed E-state index contributed by atoms with van der Waals surface area (Å²) in [6.45, 7) is 3.28. The fourth-order valence-electron chi connectivity index (χ4n) is 1.91. The van der Waals surface area contributed by atoms with Gasteiger partial charge < -0.3 is 0 Å². The van der Waals surface area contributed by atoms with Crippen LogP contribution in [-0.2, 0) is 9.84 Å². The normalized spacial score (nSPS) is 12.2. The van der Waals surface area contributed by atoms with Crippen molar-refractivity contribution in [2.75, 3.05) is 0 Å². The van der Waals surface area contributed by atoms with Crippen LogP contribution in [0.2, 0.25) is 0 Å². The van der Waals surface area contributed by atoms with Gasteiger partial charge in [-0.3, -0.25) is 4.79 Å². The van der Waals surface area contributed by atoms with Gasteiger partial charge in [-0.25, -0.2) is 12.8 Å². The van der Waals surface area contributed by atoms with Gasteiger partial charge in [0.05, 0.1) is 4.90 Å². The molecule has 0 aliphatic carbocycles. The summed E-state index contributed by atoms with van der Waals surface area (Å²) in [6.07, 6.45) is 0. The highest BCUT2D eigenvalue weighted by Crippen LogP contribution is 2.17. The molecule has 0 N–H and O–H groups in total. The van der Waals surface area contributed by atoms with Gasteiger partial charge in [0, 0.05) is 16.5 Å². The number of carbonyl (C=O) groups excluding carboxylic acids is 1. The van der Waals surface area contributed by atoms with Gasteiger partial charge in [-0.1, -0.05) is 17.7 Å². The number of hydrogen-bond acceptors (Lipinski definition) is 3. The maximum absolute atomic E-state index is 12.9. The van der Waals surface area contributed by atoms with Crippen LogP contribution in [0, 0.1) is 12.7 Å². The summed E-state index contributed by atoms with van der Waals surface area (Å²) in [6, 6.07) is 11.4. The van der Waals surface area contributed by atoms with Gasteiger partial charge >= 0.3 is 0 Å². The standard InChI is InChI=1S/C17H15FO3S/c1-12-3-9-16(10-4-12)22(20,21)11-13(2)17(19)14-5-7-15(18)8-6-14/h3-11H,1-2H3/b13-11+. The number of rotatable bonds is 4. The Morgan fingerprint density at radius 3 is 2.09 bits per heavy atom. The average Bonchev–Trinajstić information content (AvgIpc) is 2.47. The number of ketones is 1. The zero-order chi connectivity index (χ0) is 16.3. The first-order chi connectivity index (χ1) is 10.3. The molecule has 5 heteroatoms. The van der Waals surface area contributed by atoms with Crippen molar-refractivity contribution in [2.45, 2.75) is 18.7 Å². The van der Waals surface area contributed by atoms with Gasteiger partial charge in [-0.2, -0.15) is 0 Å². The molecule has 0 aromatic heterocycles. The Labute approximate surface area is 129 Å². The summed E-state index contributed by atoms with van der Waals surface area (Å²) in [7, 11) is -3.69. The van der Waals surface area contributed by atoms with E-state index in [1.165, 1.54) is 31.2 Å². The van der Waals surface area contributed by atoms with Gasteiger partial charge in [0.25, 0.3) is 0 Å². The summed E-state index contributed by atoms with van der Waals surface area (Å²) in [4.78, 5) is 12.3. The molecule has 0 fully saturated rings. The topological polar surface area (TPSA) is 51.2 Å². The number of aryl methyl sites for hydroxylation is 1. The molecule has 2 aromatic rings. The summed E-state index contributed by atoms with van der Waals surface area (Å²) < 4.78 is 37.4. The largest absolute Gasteiger partial charge is 0.289 e. The minimum atomic E-state index is -3.69. The van der Waals surface area contributed by atoms with E-state index in [9.17, 15) is 17.6 Å². The minimum absolute atomic E-state index is 0.0761. The number of Topliss-reactive ketones (excluding diaryl/α,β-unsaturated/α-hetero) is 1. The second-order valence-corrected chi connectivity index (χ2v) is 6.79. The highest BCUT2D eigenvalue weighted by atomic mass is 32.2. The van der Waals surface area contributed by atoms with E-state index in [-0.39, 0.29) is 16.0 Å². The van der Waals surface area contributed by atoms with E-state index in [2.05, 4.69) is 0 Å². The smallest absolute Gasteiger partial charge is 0.200 e. The van der Waals surface area contributed by atoms with Gasteiger partial charge in [0.15, 0.2) is 15.6 Å². The van der Waals surface area contributed by atoms with Crippen molar-refractivity contribution >= 4 is 15.6 Å². The number of halogens is 1. The molecule has 0 heterocycles. The Balaban J connectivity index is 2.32. The van der Waals surface area contributed by atoms with E-state index in [0.717, 1.165) is 23.1 Å². The molecule has 114 valence electrons. The fraction of sp³-hybridized carbons (Fsp3) is 0.118. The van der Waals surface area contributed by atoms with Crippen molar-refractivity contribution in [1.82, 2.24) is 0 Å². The quantitative estimate of drug-likeness (QED) is 0.638. The van der Waals surface area contributed by atoms with Crippen LogP contribution in [0.25, 0.3) is 0 Å². The molecule has 3 nitrogen and oxygen atoms in total. The van der Waals surface area contributed by atoms with Crippen LogP contribution in [0.15, 0.2) is 64.4 Å². The Bertz CT molecular complexity index is 817. The third kappa shape index (κ3) is 3.68. The van der Waals surface area contributed by atoms with Crippen molar-refractivity contribution in [2.24, 2.45) is 0 Å². The van der Waals surface area contributed by atoms with E-state index in [0.29, 0.717) is 0 Å². The van der Waals surface area contributed by atoms with Crippen LogP contribution in [0.4, 0.5) is 4.39 Å². The number of allylic oxidation sites excluding steroid dienone is 1. The summed E-state index contributed by atoms with van der Waals surface area (Å²) in [5.41, 5.74) is 1.27. The molecule has 2 rings (SSSR count). The zero-order valence-electron chi connectivity index (χ0n) is 12.2. The Hall–Kier alpha value is -2.27. The molecule has 22 heavy (non-hydrogen) atoms. The lowest BCUT2D eigenvalue weighted by Crippen LogP contribution is -2.05. The monoisotopic (exact) mass is 318 g/mol. The minimum Gasteiger partial charge on any atom is -0.289 e. The predicted octanol–water partition coefficient (Wildman–Crippen LogP) is 3.69. The Morgan fingerprint density at radius 1 is 1.00 bits per heavy atom. The third-order valence-corrected chi connectivity index (χ3v) is 4.74. The van der Waals surface area contributed by atoms with Crippen molar-refractivity contribution in [1.29, 1.82) is 0 Å². The lowest BCUT2D eigenvalue weighted by molar-refractivity contribution is 0.103. The van der Waals surface area contributed by atoms with Gasteiger partial charge in [-0.15, -0.1) is 0 Å². The second-order valence-electron chi connectivity index (χ2n) is 4.99. The highest BCUT2D eigenvalue weighted by molar-refractivity contribution is 7.94. The van der Waals surface area contributed by atoms with Gasteiger partial charge in [0.2, 0.25) is 0 Å².